The Hall–Kier alpha value is -6.99. The van der Waals surface area contributed by atoms with Crippen LogP contribution in [0.3, 0.4) is 0 Å². The maximum atomic E-state index is 6.68. The number of thiophene rings is 2. The average Bonchev–Trinajstić information content (AvgIpc) is 3.97. The van der Waals surface area contributed by atoms with Gasteiger partial charge < -0.3 is 4.42 Å². The summed E-state index contributed by atoms with van der Waals surface area (Å²) < 4.78 is 11.9. The second-order valence-electron chi connectivity index (χ2n) is 14.3. The lowest BCUT2D eigenvalue weighted by molar-refractivity contribution is 0.669. The van der Waals surface area contributed by atoms with Crippen LogP contribution in [-0.4, -0.2) is 15.0 Å². The molecule has 4 heterocycles. The summed E-state index contributed by atoms with van der Waals surface area (Å²) >= 11 is 3.74. The summed E-state index contributed by atoms with van der Waals surface area (Å²) in [6.45, 7) is 0. The zero-order chi connectivity index (χ0) is 37.5. The van der Waals surface area contributed by atoms with Gasteiger partial charge in [0.15, 0.2) is 17.5 Å². The van der Waals surface area contributed by atoms with Crippen LogP contribution < -0.4 is 0 Å². The monoisotopic (exact) mass is 763 g/mol. The highest BCUT2D eigenvalue weighted by Crippen LogP contribution is 2.47. The van der Waals surface area contributed by atoms with Crippen molar-refractivity contribution in [2.45, 2.75) is 0 Å². The molecular weight excluding hydrogens is 735 g/mol. The van der Waals surface area contributed by atoms with Crippen molar-refractivity contribution in [3.63, 3.8) is 0 Å². The normalized spacial score (nSPS) is 11.9. The summed E-state index contributed by atoms with van der Waals surface area (Å²) in [4.78, 5) is 14.8. The molecule has 8 aromatic carbocycles. The Bertz CT molecular complexity index is 3470. The minimum atomic E-state index is 0.601. The summed E-state index contributed by atoms with van der Waals surface area (Å²) in [5.74, 6) is 1.86. The molecule has 0 fully saturated rings. The molecule has 0 atom stereocenters. The van der Waals surface area contributed by atoms with Crippen LogP contribution in [0.2, 0.25) is 0 Å². The SMILES string of the molecule is c1ccc(-c2nc(-c3ccccc3)nc(-c3ccc4c(c3)oc3cc(-c5cc(-c6cccc7c6sc6ccccc67)c6c(c5)sc5ccccc56)ccc34)n2)cc1. The van der Waals surface area contributed by atoms with Crippen molar-refractivity contribution in [2.24, 2.45) is 0 Å². The van der Waals surface area contributed by atoms with Gasteiger partial charge in [0.1, 0.15) is 11.2 Å². The second-order valence-corrected chi connectivity index (χ2v) is 16.5. The number of rotatable bonds is 5. The van der Waals surface area contributed by atoms with E-state index in [-0.39, 0.29) is 0 Å². The summed E-state index contributed by atoms with van der Waals surface area (Å²) in [5.41, 5.74) is 9.18. The van der Waals surface area contributed by atoms with Gasteiger partial charge in [-0.15, -0.1) is 22.7 Å². The first-order valence-electron chi connectivity index (χ1n) is 18.9. The van der Waals surface area contributed by atoms with E-state index in [0.717, 1.165) is 49.8 Å². The maximum Gasteiger partial charge on any atom is 0.164 e. The van der Waals surface area contributed by atoms with Gasteiger partial charge in [0.2, 0.25) is 0 Å². The first kappa shape index (κ1) is 32.3. The fraction of sp³-hybridized carbons (Fsp3) is 0. The van der Waals surface area contributed by atoms with Crippen molar-refractivity contribution in [1.82, 2.24) is 15.0 Å². The Balaban J connectivity index is 1.01. The number of aromatic nitrogens is 3. The highest BCUT2D eigenvalue weighted by molar-refractivity contribution is 7.26. The van der Waals surface area contributed by atoms with Gasteiger partial charge in [0, 0.05) is 73.4 Å². The number of hydrogen-bond donors (Lipinski definition) is 0. The highest BCUT2D eigenvalue weighted by Gasteiger charge is 2.19. The van der Waals surface area contributed by atoms with Gasteiger partial charge in [0.05, 0.1) is 0 Å². The Morgan fingerprint density at radius 1 is 0.333 bits per heavy atom. The van der Waals surface area contributed by atoms with Crippen LogP contribution in [0.1, 0.15) is 0 Å². The number of fused-ring (bicyclic) bond motifs is 9. The van der Waals surface area contributed by atoms with Gasteiger partial charge in [-0.1, -0.05) is 127 Å². The summed E-state index contributed by atoms with van der Waals surface area (Å²) in [6, 6.07) is 62.0. The summed E-state index contributed by atoms with van der Waals surface area (Å²) in [5, 5.41) is 7.35. The Morgan fingerprint density at radius 3 is 1.60 bits per heavy atom. The second kappa shape index (κ2) is 12.8. The topological polar surface area (TPSA) is 51.8 Å². The number of hydrogen-bond acceptors (Lipinski definition) is 6. The third-order valence-corrected chi connectivity index (χ3v) is 13.3. The minimum absolute atomic E-state index is 0.601. The quantitative estimate of drug-likeness (QED) is 0.175. The van der Waals surface area contributed by atoms with Crippen LogP contribution >= 0.6 is 22.7 Å². The molecule has 12 aromatic rings. The fourth-order valence-electron chi connectivity index (χ4n) is 8.23. The zero-order valence-corrected chi connectivity index (χ0v) is 31.9. The fourth-order valence-corrected chi connectivity index (χ4v) is 10.6. The van der Waals surface area contributed by atoms with Crippen molar-refractivity contribution in [1.29, 1.82) is 0 Å². The standard InChI is InChI=1S/C51H29N3OS2/c1-3-12-30(13-4-1)49-52-50(31-14-5-2-6-15-31)54-51(53-49)33-23-25-36-35-24-22-32(27-42(35)55-43(36)28-33)34-26-41(47-40-17-8-10-21-45(40)56-46(47)29-34)39-19-11-18-38-37-16-7-9-20-44(37)57-48(38)39/h1-29H. The molecule has 0 unspecified atom stereocenters. The van der Waals surface area contributed by atoms with Crippen molar-refractivity contribution < 1.29 is 4.42 Å². The van der Waals surface area contributed by atoms with E-state index in [9.17, 15) is 0 Å². The highest BCUT2D eigenvalue weighted by atomic mass is 32.1. The van der Waals surface area contributed by atoms with Crippen LogP contribution in [0.25, 0.3) is 119 Å². The third-order valence-electron chi connectivity index (χ3n) is 10.9. The molecule has 0 N–H and O–H groups in total. The average molecular weight is 764 g/mol. The Labute approximate surface area is 335 Å². The van der Waals surface area contributed by atoms with Crippen LogP contribution in [0.15, 0.2) is 180 Å². The molecule has 0 saturated carbocycles. The molecule has 0 aliphatic carbocycles. The van der Waals surface area contributed by atoms with Crippen LogP contribution in [0.5, 0.6) is 0 Å². The molecule has 0 amide bonds. The molecule has 57 heavy (non-hydrogen) atoms. The molecule has 4 aromatic heterocycles. The molecule has 266 valence electrons. The van der Waals surface area contributed by atoms with Gasteiger partial charge in [0.25, 0.3) is 0 Å². The van der Waals surface area contributed by atoms with E-state index in [1.54, 1.807) is 0 Å². The molecule has 6 heteroatoms. The van der Waals surface area contributed by atoms with Crippen molar-refractivity contribution in [3.8, 4) is 56.4 Å². The smallest absolute Gasteiger partial charge is 0.164 e. The number of benzene rings is 8. The lowest BCUT2D eigenvalue weighted by Gasteiger charge is -2.11. The Morgan fingerprint density at radius 2 is 0.895 bits per heavy atom. The molecule has 0 spiro atoms. The maximum absolute atomic E-state index is 6.68. The van der Waals surface area contributed by atoms with E-state index >= 15 is 0 Å². The lowest BCUT2D eigenvalue weighted by Crippen LogP contribution is -2.00. The molecule has 0 saturated heterocycles. The number of furan rings is 1. The zero-order valence-electron chi connectivity index (χ0n) is 30.3. The largest absolute Gasteiger partial charge is 0.456 e. The predicted molar refractivity (Wildman–Crippen MR) is 240 cm³/mol. The summed E-state index contributed by atoms with van der Waals surface area (Å²) in [7, 11) is 0. The lowest BCUT2D eigenvalue weighted by atomic mass is 9.93. The van der Waals surface area contributed by atoms with Crippen molar-refractivity contribution >= 4 is 85.0 Å². The summed E-state index contributed by atoms with van der Waals surface area (Å²) in [6.07, 6.45) is 0. The van der Waals surface area contributed by atoms with Crippen LogP contribution in [0.4, 0.5) is 0 Å². The Kier molecular flexibility index (Phi) is 7.24. The molecule has 12 rings (SSSR count). The van der Waals surface area contributed by atoms with Gasteiger partial charge in [-0.3, -0.25) is 0 Å². The number of nitrogens with zero attached hydrogens (tertiary/aromatic N) is 3. The molecule has 0 aliphatic heterocycles. The molecular formula is C51H29N3OS2. The van der Waals surface area contributed by atoms with Crippen molar-refractivity contribution in [2.75, 3.05) is 0 Å². The minimum Gasteiger partial charge on any atom is -0.456 e. The molecule has 4 nitrogen and oxygen atoms in total. The van der Waals surface area contributed by atoms with E-state index in [2.05, 4.69) is 115 Å². The van der Waals surface area contributed by atoms with E-state index in [0.29, 0.717) is 17.5 Å². The van der Waals surface area contributed by atoms with E-state index in [4.69, 9.17) is 19.4 Å². The van der Waals surface area contributed by atoms with Gasteiger partial charge >= 0.3 is 0 Å². The predicted octanol–water partition coefficient (Wildman–Crippen LogP) is 14.8. The molecule has 0 bridgehead atoms. The van der Waals surface area contributed by atoms with E-state index < -0.39 is 0 Å². The first-order valence-corrected chi connectivity index (χ1v) is 20.6. The van der Waals surface area contributed by atoms with Gasteiger partial charge in [-0.25, -0.2) is 15.0 Å². The van der Waals surface area contributed by atoms with Gasteiger partial charge in [-0.05, 0) is 65.2 Å². The van der Waals surface area contributed by atoms with Crippen molar-refractivity contribution in [3.05, 3.63) is 176 Å². The van der Waals surface area contributed by atoms with E-state index in [1.165, 1.54) is 51.5 Å². The van der Waals surface area contributed by atoms with Crippen LogP contribution in [-0.2, 0) is 0 Å². The third kappa shape index (κ3) is 5.30. The van der Waals surface area contributed by atoms with Gasteiger partial charge in [-0.2, -0.15) is 0 Å². The molecule has 0 radical (unpaired) electrons. The van der Waals surface area contributed by atoms with Crippen LogP contribution in [0, 0.1) is 0 Å². The molecule has 0 aliphatic rings. The van der Waals surface area contributed by atoms with E-state index in [1.807, 2.05) is 83.3 Å². The first-order chi connectivity index (χ1) is 28.2.